The Bertz CT molecular complexity index is 1860. The van der Waals surface area contributed by atoms with Gasteiger partial charge in [0.05, 0.1) is 55.0 Å². The molecule has 44 heavy (non-hydrogen) atoms. The summed E-state index contributed by atoms with van der Waals surface area (Å²) < 4.78 is 40.3. The number of hydrogen-bond acceptors (Lipinski definition) is 7. The Balaban J connectivity index is 1.12. The molecule has 3 aromatic carbocycles. The molecule has 4 heterocycles. The van der Waals surface area contributed by atoms with Gasteiger partial charge in [0.1, 0.15) is 11.6 Å². The van der Waals surface area contributed by atoms with Gasteiger partial charge in [-0.3, -0.25) is 4.90 Å². The zero-order valence-corrected chi connectivity index (χ0v) is 24.5. The van der Waals surface area contributed by atoms with Crippen molar-refractivity contribution in [2.75, 3.05) is 26.8 Å². The summed E-state index contributed by atoms with van der Waals surface area (Å²) in [5, 5.41) is 0. The van der Waals surface area contributed by atoms with Gasteiger partial charge >= 0.3 is 5.97 Å². The summed E-state index contributed by atoms with van der Waals surface area (Å²) in [4.78, 5) is 22.8. The van der Waals surface area contributed by atoms with Gasteiger partial charge in [0.15, 0.2) is 17.2 Å². The van der Waals surface area contributed by atoms with Gasteiger partial charge < -0.3 is 23.5 Å². The van der Waals surface area contributed by atoms with Gasteiger partial charge in [-0.1, -0.05) is 30.3 Å². The Morgan fingerprint density at radius 1 is 1.20 bits per heavy atom. The van der Waals surface area contributed by atoms with Crippen molar-refractivity contribution >= 4 is 28.3 Å². The van der Waals surface area contributed by atoms with E-state index in [4.69, 9.17) is 30.5 Å². The van der Waals surface area contributed by atoms with Crippen molar-refractivity contribution in [1.82, 2.24) is 14.5 Å². The Kier molecular flexibility index (Phi) is 7.07. The minimum absolute atomic E-state index is 0.132. The van der Waals surface area contributed by atoms with E-state index >= 15 is 0 Å². The fraction of sp³-hybridized carbons (Fsp3) is 0.324. The van der Waals surface area contributed by atoms with Crippen LogP contribution in [0.5, 0.6) is 11.5 Å². The molecule has 10 heteroatoms. The van der Waals surface area contributed by atoms with Crippen molar-refractivity contribution in [1.29, 1.82) is 0 Å². The predicted octanol–water partition coefficient (Wildman–Crippen LogP) is 6.24. The van der Waals surface area contributed by atoms with Crippen molar-refractivity contribution in [3.05, 3.63) is 100 Å². The second-order valence-electron chi connectivity index (χ2n) is 11.4. The quantitative estimate of drug-likeness (QED) is 0.185. The molecule has 0 amide bonds. The molecule has 0 N–H and O–H groups in total. The molecule has 0 spiro atoms. The number of rotatable bonds is 7. The molecule has 4 aromatic rings. The zero-order valence-electron chi connectivity index (χ0n) is 24.5. The number of nitrogens with zero attached hydrogens (tertiary/aromatic N) is 4. The Labute approximate surface area is 254 Å². The first-order valence-electron chi connectivity index (χ1n) is 14.6. The van der Waals surface area contributed by atoms with Crippen molar-refractivity contribution in [2.45, 2.75) is 44.7 Å². The molecule has 0 radical (unpaired) electrons. The molecule has 3 aliphatic heterocycles. The Hall–Kier alpha value is -4.72. The Morgan fingerprint density at radius 2 is 2.07 bits per heavy atom. The second-order valence-corrected chi connectivity index (χ2v) is 11.4. The minimum Gasteiger partial charge on any atom is -0.465 e. The van der Waals surface area contributed by atoms with E-state index < -0.39 is 11.6 Å². The van der Waals surface area contributed by atoms with Crippen LogP contribution in [0.15, 0.2) is 60.7 Å². The van der Waals surface area contributed by atoms with Crippen LogP contribution in [0.2, 0.25) is 0 Å². The highest BCUT2D eigenvalue weighted by atomic mass is 19.1. The number of halogens is 1. The van der Waals surface area contributed by atoms with Gasteiger partial charge in [-0.25, -0.2) is 19.0 Å². The lowest BCUT2D eigenvalue weighted by Gasteiger charge is -2.29. The molecular formula is C34H31FN4O5. The number of hydrogen-bond donors (Lipinski definition) is 0. The lowest BCUT2D eigenvalue weighted by Crippen LogP contribution is -2.34. The van der Waals surface area contributed by atoms with E-state index in [1.54, 1.807) is 25.1 Å². The lowest BCUT2D eigenvalue weighted by molar-refractivity contribution is -0.0708. The minimum atomic E-state index is -1.35. The molecule has 2 unspecified atom stereocenters. The number of esters is 1. The van der Waals surface area contributed by atoms with Crippen LogP contribution in [0.3, 0.4) is 0 Å². The van der Waals surface area contributed by atoms with Crippen LogP contribution in [-0.2, 0) is 28.4 Å². The van der Waals surface area contributed by atoms with E-state index in [0.717, 1.165) is 54.0 Å². The standard InChI is InChI=1S/C34H31FN4O5/c1-34(26-9-8-23(36-2)18-27(26)35)43-30-6-4-5-25(32(30)44-34)21-11-14-38(15-12-21)20-31-37-28-10-7-22(33(40)41-3)17-29(28)39(31)19-24-13-16-42-24/h4-11,17-18,24H,12-16,19-20H2,1,3H3. The highest BCUT2D eigenvalue weighted by Gasteiger charge is 2.42. The fourth-order valence-electron chi connectivity index (χ4n) is 6.11. The molecule has 224 valence electrons. The number of benzene rings is 3. The van der Waals surface area contributed by atoms with Gasteiger partial charge in [0.25, 0.3) is 5.79 Å². The second kappa shape index (κ2) is 11.1. The third-order valence-corrected chi connectivity index (χ3v) is 8.58. The molecular weight excluding hydrogens is 563 g/mol. The Morgan fingerprint density at radius 3 is 2.77 bits per heavy atom. The highest BCUT2D eigenvalue weighted by molar-refractivity contribution is 5.93. The molecule has 0 aliphatic carbocycles. The van der Waals surface area contributed by atoms with Crippen molar-refractivity contribution in [3.63, 3.8) is 0 Å². The van der Waals surface area contributed by atoms with Crippen LogP contribution in [0.1, 0.15) is 47.1 Å². The van der Waals surface area contributed by atoms with Crippen LogP contribution in [-0.4, -0.2) is 53.3 Å². The summed E-state index contributed by atoms with van der Waals surface area (Å²) in [7, 11) is 1.38. The molecule has 9 nitrogen and oxygen atoms in total. The monoisotopic (exact) mass is 594 g/mol. The van der Waals surface area contributed by atoms with Gasteiger partial charge in [-0.2, -0.15) is 0 Å². The van der Waals surface area contributed by atoms with Crippen LogP contribution in [0.4, 0.5) is 10.1 Å². The van der Waals surface area contributed by atoms with Crippen LogP contribution >= 0.6 is 0 Å². The van der Waals surface area contributed by atoms with Gasteiger partial charge in [-0.15, -0.1) is 0 Å². The van der Waals surface area contributed by atoms with E-state index in [1.807, 2.05) is 30.3 Å². The molecule has 7 rings (SSSR count). The third-order valence-electron chi connectivity index (χ3n) is 8.58. The summed E-state index contributed by atoms with van der Waals surface area (Å²) >= 11 is 0. The summed E-state index contributed by atoms with van der Waals surface area (Å²) in [5.41, 5.74) is 4.74. The van der Waals surface area contributed by atoms with Gasteiger partial charge in [0.2, 0.25) is 0 Å². The highest BCUT2D eigenvalue weighted by Crippen LogP contribution is 2.49. The molecule has 1 aromatic heterocycles. The maximum Gasteiger partial charge on any atom is 0.337 e. The first kappa shape index (κ1) is 28.1. The van der Waals surface area contributed by atoms with Crippen LogP contribution in [0, 0.1) is 12.4 Å². The first-order chi connectivity index (χ1) is 21.3. The van der Waals surface area contributed by atoms with E-state index in [9.17, 15) is 9.18 Å². The predicted molar refractivity (Wildman–Crippen MR) is 161 cm³/mol. The van der Waals surface area contributed by atoms with E-state index in [-0.39, 0.29) is 23.3 Å². The number of aromatic nitrogens is 2. The number of para-hydroxylation sites is 1. The SMILES string of the molecule is [C-]#[N+]c1ccc(C2(C)Oc3cccc(C4=CCN(Cc5nc6ccc(C(=O)OC)cc6n5CC5CCO5)CC4)c3O2)c(F)c1. The molecule has 1 fully saturated rings. The molecule has 0 bridgehead atoms. The molecule has 3 aliphatic rings. The maximum atomic E-state index is 14.9. The van der Waals surface area contributed by atoms with Gasteiger partial charge in [-0.05, 0) is 48.7 Å². The number of methoxy groups -OCH3 is 1. The number of carbonyl (C=O) groups excluding carboxylic acids is 1. The smallest absolute Gasteiger partial charge is 0.337 e. The zero-order chi connectivity index (χ0) is 30.4. The molecule has 1 saturated heterocycles. The van der Waals surface area contributed by atoms with E-state index in [1.165, 1.54) is 13.2 Å². The summed E-state index contributed by atoms with van der Waals surface area (Å²) in [6, 6.07) is 15.5. The number of fused-ring (bicyclic) bond motifs is 2. The topological polar surface area (TPSA) is 79.4 Å². The average Bonchev–Trinajstić information content (AvgIpc) is 3.54. The van der Waals surface area contributed by atoms with Crippen LogP contribution < -0.4 is 9.47 Å². The summed E-state index contributed by atoms with van der Waals surface area (Å²) in [6.07, 6.45) is 4.11. The molecule has 0 saturated carbocycles. The van der Waals surface area contributed by atoms with Crippen LogP contribution in [0.25, 0.3) is 21.5 Å². The number of ether oxygens (including phenoxy) is 4. The van der Waals surface area contributed by atoms with Crippen molar-refractivity contribution in [3.8, 4) is 11.5 Å². The number of imidazole rings is 1. The number of carbonyl (C=O) groups is 1. The van der Waals surface area contributed by atoms with E-state index in [2.05, 4.69) is 20.4 Å². The summed E-state index contributed by atoms with van der Waals surface area (Å²) in [5.74, 6) is -0.193. The maximum absolute atomic E-state index is 14.9. The average molecular weight is 595 g/mol. The normalized spacial score (nSPS) is 21.0. The fourth-order valence-corrected chi connectivity index (χ4v) is 6.11. The van der Waals surface area contributed by atoms with Crippen molar-refractivity contribution < 1.29 is 28.1 Å². The van der Waals surface area contributed by atoms with Gasteiger partial charge in [0, 0.05) is 32.2 Å². The third kappa shape index (κ3) is 4.98. The van der Waals surface area contributed by atoms with E-state index in [0.29, 0.717) is 36.7 Å². The largest absolute Gasteiger partial charge is 0.465 e. The summed E-state index contributed by atoms with van der Waals surface area (Å²) in [6.45, 7) is 12.4. The first-order valence-corrected chi connectivity index (χ1v) is 14.6. The van der Waals surface area contributed by atoms with Crippen molar-refractivity contribution in [2.24, 2.45) is 0 Å². The lowest BCUT2D eigenvalue weighted by atomic mass is 9.98. The molecule has 2 atom stereocenters.